The Kier molecular flexibility index (Phi) is 5.92. The van der Waals surface area contributed by atoms with Crippen LogP contribution in [0, 0.1) is 0 Å². The van der Waals surface area contributed by atoms with Crippen LogP contribution >= 0.6 is 11.8 Å². The highest BCUT2D eigenvalue weighted by molar-refractivity contribution is 8.18. The lowest BCUT2D eigenvalue weighted by molar-refractivity contribution is -0.137. The van der Waals surface area contributed by atoms with Crippen molar-refractivity contribution >= 4 is 40.5 Å². The number of nitrogens with one attached hydrogen (secondary N) is 1. The molecule has 1 fully saturated rings. The van der Waals surface area contributed by atoms with Gasteiger partial charge in [-0.05, 0) is 42.1 Å². The Hall–Kier alpha value is -3.27. The summed E-state index contributed by atoms with van der Waals surface area (Å²) in [5, 5.41) is 2.66. The fraction of sp³-hybridized carbons (Fsp3) is 0.105. The number of nitrogens with zero attached hydrogens (tertiary/aromatic N) is 1. The molecule has 2 aromatic carbocycles. The van der Waals surface area contributed by atoms with Crippen molar-refractivity contribution in [3.05, 3.63) is 64.6 Å². The zero-order valence-corrected chi connectivity index (χ0v) is 15.5. The average Bonchev–Trinajstić information content (AvgIpc) is 2.99. The summed E-state index contributed by atoms with van der Waals surface area (Å²) in [6, 6.07) is 11.2. The minimum absolute atomic E-state index is 0.0640. The number of hydrogen-bond donors (Lipinski definition) is 2. The number of amides is 2. The number of alkyl halides is 3. The third kappa shape index (κ3) is 5.38. The van der Waals surface area contributed by atoms with Gasteiger partial charge in [-0.3, -0.25) is 9.59 Å². The van der Waals surface area contributed by atoms with Crippen molar-refractivity contribution in [1.82, 2.24) is 5.32 Å². The van der Waals surface area contributed by atoms with E-state index in [2.05, 4.69) is 10.3 Å². The third-order valence-corrected chi connectivity index (χ3v) is 4.54. The Labute approximate surface area is 167 Å². The molecule has 0 radical (unpaired) electrons. The van der Waals surface area contributed by atoms with Gasteiger partial charge in [0.1, 0.15) is 5.75 Å². The zero-order chi connectivity index (χ0) is 21.0. The van der Waals surface area contributed by atoms with E-state index in [4.69, 9.17) is 10.5 Å². The lowest BCUT2D eigenvalue weighted by Gasteiger charge is -2.07. The SMILES string of the molecule is NC(=O)COc1ccccc1/C=C1\SC(=Nc2cccc(C(F)(F)F)c2)NC1=O. The number of benzene rings is 2. The van der Waals surface area contributed by atoms with Crippen molar-refractivity contribution in [1.29, 1.82) is 0 Å². The summed E-state index contributed by atoms with van der Waals surface area (Å²) in [4.78, 5) is 27.5. The monoisotopic (exact) mass is 421 g/mol. The lowest BCUT2D eigenvalue weighted by Crippen LogP contribution is -2.20. The summed E-state index contributed by atoms with van der Waals surface area (Å²) in [7, 11) is 0. The van der Waals surface area contributed by atoms with Gasteiger partial charge in [0.15, 0.2) is 11.8 Å². The fourth-order valence-electron chi connectivity index (χ4n) is 2.37. The first-order valence-corrected chi connectivity index (χ1v) is 9.01. The highest BCUT2D eigenvalue weighted by Gasteiger charge is 2.30. The van der Waals surface area contributed by atoms with Crippen LogP contribution in [0.4, 0.5) is 18.9 Å². The van der Waals surface area contributed by atoms with Gasteiger partial charge in [-0.25, -0.2) is 4.99 Å². The van der Waals surface area contributed by atoms with E-state index in [-0.39, 0.29) is 22.4 Å². The van der Waals surface area contributed by atoms with Crippen LogP contribution < -0.4 is 15.8 Å². The number of aliphatic imine (C=N–C) groups is 1. The Bertz CT molecular complexity index is 1020. The van der Waals surface area contributed by atoms with Gasteiger partial charge >= 0.3 is 6.18 Å². The van der Waals surface area contributed by atoms with E-state index in [9.17, 15) is 22.8 Å². The third-order valence-electron chi connectivity index (χ3n) is 3.63. The normalized spacial score (nSPS) is 16.9. The Morgan fingerprint density at radius 2 is 1.97 bits per heavy atom. The van der Waals surface area contributed by atoms with Gasteiger partial charge in [0.2, 0.25) is 0 Å². The van der Waals surface area contributed by atoms with Crippen LogP contribution in [0.3, 0.4) is 0 Å². The number of hydrogen-bond acceptors (Lipinski definition) is 5. The summed E-state index contributed by atoms with van der Waals surface area (Å²) < 4.78 is 43.8. The van der Waals surface area contributed by atoms with Gasteiger partial charge in [0.05, 0.1) is 16.2 Å². The molecule has 0 aliphatic carbocycles. The zero-order valence-electron chi connectivity index (χ0n) is 14.7. The van der Waals surface area contributed by atoms with Crippen LogP contribution in [-0.4, -0.2) is 23.6 Å². The van der Waals surface area contributed by atoms with E-state index in [1.807, 2.05) is 0 Å². The van der Waals surface area contributed by atoms with Crippen LogP contribution in [0.1, 0.15) is 11.1 Å². The number of para-hydroxylation sites is 1. The highest BCUT2D eigenvalue weighted by atomic mass is 32.2. The van der Waals surface area contributed by atoms with Crippen LogP contribution in [0.2, 0.25) is 0 Å². The van der Waals surface area contributed by atoms with Crippen molar-refractivity contribution in [2.24, 2.45) is 10.7 Å². The first kappa shape index (κ1) is 20.5. The molecule has 0 atom stereocenters. The van der Waals surface area contributed by atoms with Crippen molar-refractivity contribution < 1.29 is 27.5 Å². The molecule has 1 aliphatic rings. The molecule has 2 aromatic rings. The molecule has 0 spiro atoms. The summed E-state index contributed by atoms with van der Waals surface area (Å²) in [5.74, 6) is -0.739. The number of halogens is 3. The maximum absolute atomic E-state index is 12.8. The molecule has 3 rings (SSSR count). The van der Waals surface area contributed by atoms with Gasteiger partial charge in [0, 0.05) is 5.56 Å². The number of ether oxygens (including phenoxy) is 1. The van der Waals surface area contributed by atoms with Gasteiger partial charge in [-0.2, -0.15) is 13.2 Å². The molecular formula is C19H14F3N3O3S. The van der Waals surface area contributed by atoms with E-state index in [0.717, 1.165) is 23.9 Å². The van der Waals surface area contributed by atoms with Crippen molar-refractivity contribution in [3.8, 4) is 5.75 Å². The number of carbonyl (C=O) groups excluding carboxylic acids is 2. The predicted molar refractivity (Wildman–Crippen MR) is 103 cm³/mol. The summed E-state index contributed by atoms with van der Waals surface area (Å²) in [5.41, 5.74) is 4.84. The number of primary amides is 1. The van der Waals surface area contributed by atoms with Crippen LogP contribution in [0.25, 0.3) is 6.08 Å². The minimum Gasteiger partial charge on any atom is -0.483 e. The molecule has 10 heteroatoms. The van der Waals surface area contributed by atoms with Crippen LogP contribution in [0.5, 0.6) is 5.75 Å². The van der Waals surface area contributed by atoms with E-state index >= 15 is 0 Å². The van der Waals surface area contributed by atoms with Crippen LogP contribution in [-0.2, 0) is 15.8 Å². The molecule has 6 nitrogen and oxygen atoms in total. The van der Waals surface area contributed by atoms with Crippen molar-refractivity contribution in [2.45, 2.75) is 6.18 Å². The maximum atomic E-state index is 12.8. The number of rotatable bonds is 5. The smallest absolute Gasteiger partial charge is 0.416 e. The molecule has 1 heterocycles. The second-order valence-electron chi connectivity index (χ2n) is 5.82. The number of carbonyl (C=O) groups is 2. The minimum atomic E-state index is -4.48. The summed E-state index contributed by atoms with van der Waals surface area (Å²) >= 11 is 0.977. The molecule has 1 saturated heterocycles. The van der Waals surface area contributed by atoms with Crippen molar-refractivity contribution in [3.63, 3.8) is 0 Å². The topological polar surface area (TPSA) is 93.8 Å². The molecular weight excluding hydrogens is 407 g/mol. The van der Waals surface area contributed by atoms with Gasteiger partial charge in [-0.1, -0.05) is 24.3 Å². The number of nitrogens with two attached hydrogens (primary N) is 1. The van der Waals surface area contributed by atoms with E-state index in [1.54, 1.807) is 24.3 Å². The predicted octanol–water partition coefficient (Wildman–Crippen LogP) is 3.46. The first-order chi connectivity index (χ1) is 13.7. The number of thioether (sulfide) groups is 1. The second kappa shape index (κ2) is 8.39. The Balaban J connectivity index is 1.83. The molecule has 3 N–H and O–H groups in total. The second-order valence-corrected chi connectivity index (χ2v) is 6.85. The quantitative estimate of drug-likeness (QED) is 0.723. The molecule has 0 unspecified atom stereocenters. The van der Waals surface area contributed by atoms with Gasteiger partial charge in [-0.15, -0.1) is 0 Å². The molecule has 29 heavy (non-hydrogen) atoms. The fourth-order valence-corrected chi connectivity index (χ4v) is 3.20. The molecule has 0 bridgehead atoms. The highest BCUT2D eigenvalue weighted by Crippen LogP contribution is 2.33. The Morgan fingerprint density at radius 1 is 1.21 bits per heavy atom. The molecule has 150 valence electrons. The molecule has 1 aliphatic heterocycles. The maximum Gasteiger partial charge on any atom is 0.416 e. The first-order valence-electron chi connectivity index (χ1n) is 8.19. The molecule has 2 amide bonds. The largest absolute Gasteiger partial charge is 0.483 e. The molecule has 0 saturated carbocycles. The summed E-state index contributed by atoms with van der Waals surface area (Å²) in [6.07, 6.45) is -2.95. The van der Waals surface area contributed by atoms with Crippen molar-refractivity contribution in [2.75, 3.05) is 6.61 Å². The van der Waals surface area contributed by atoms with E-state index in [1.165, 1.54) is 18.2 Å². The van der Waals surface area contributed by atoms with Crippen LogP contribution in [0.15, 0.2) is 58.4 Å². The standard InChI is InChI=1S/C19H14F3N3O3S/c20-19(21,22)12-5-3-6-13(9-12)24-18-25-17(27)15(29-18)8-11-4-1-2-7-14(11)28-10-16(23)26/h1-9H,10H2,(H2,23,26)(H,24,25,27)/b15-8-. The summed E-state index contributed by atoms with van der Waals surface area (Å²) in [6.45, 7) is -0.318. The van der Waals surface area contributed by atoms with E-state index < -0.39 is 23.6 Å². The number of amidine groups is 1. The van der Waals surface area contributed by atoms with Gasteiger partial charge < -0.3 is 15.8 Å². The van der Waals surface area contributed by atoms with Gasteiger partial charge in [0.25, 0.3) is 11.8 Å². The average molecular weight is 421 g/mol. The molecule has 0 aromatic heterocycles. The van der Waals surface area contributed by atoms with E-state index in [0.29, 0.717) is 11.3 Å². The lowest BCUT2D eigenvalue weighted by atomic mass is 10.2. The Morgan fingerprint density at radius 3 is 2.69 bits per heavy atom.